The number of amides is 1. The molecule has 0 aromatic carbocycles. The summed E-state index contributed by atoms with van der Waals surface area (Å²) in [6.45, 7) is 3.80. The minimum absolute atomic E-state index is 0.00492. The molecule has 3 heterocycles. The Morgan fingerprint density at radius 3 is 3.14 bits per heavy atom. The number of hydrogen-bond acceptors (Lipinski definition) is 5. The smallest absolute Gasteiger partial charge is 0.262 e. The molecule has 8 nitrogen and oxygen atoms in total. The highest BCUT2D eigenvalue weighted by molar-refractivity contribution is 5.73. The van der Waals surface area contributed by atoms with Crippen molar-refractivity contribution in [1.82, 2.24) is 30.0 Å². The minimum Gasteiger partial charge on any atom is -0.352 e. The van der Waals surface area contributed by atoms with Crippen molar-refractivity contribution in [2.45, 2.75) is 32.4 Å². The molecule has 0 unspecified atom stereocenters. The van der Waals surface area contributed by atoms with Gasteiger partial charge in [0.2, 0.25) is 5.91 Å². The number of nitrogens with one attached hydrogen (secondary N) is 2. The molecular weight excluding hydrogens is 284 g/mol. The lowest BCUT2D eigenvalue weighted by Crippen LogP contribution is -2.47. The monoisotopic (exact) mass is 304 g/mol. The molecule has 1 atom stereocenters. The molecule has 0 spiro atoms. The molecule has 22 heavy (non-hydrogen) atoms. The van der Waals surface area contributed by atoms with Crippen LogP contribution in [-0.4, -0.2) is 49.7 Å². The maximum Gasteiger partial charge on any atom is 0.262 e. The number of carbonyl (C=O) groups excluding carboxylic acids is 1. The average Bonchev–Trinajstić information content (AvgIpc) is 2.81. The molecule has 1 aliphatic heterocycles. The molecule has 1 fully saturated rings. The Hall–Kier alpha value is -2.22. The van der Waals surface area contributed by atoms with E-state index in [0.717, 1.165) is 25.9 Å². The van der Waals surface area contributed by atoms with E-state index in [2.05, 4.69) is 25.3 Å². The predicted molar refractivity (Wildman–Crippen MR) is 81.2 cm³/mol. The first kappa shape index (κ1) is 14.7. The normalized spacial score (nSPS) is 19.5. The minimum atomic E-state index is -0.163. The van der Waals surface area contributed by atoms with Gasteiger partial charge in [0.05, 0.1) is 12.7 Å². The van der Waals surface area contributed by atoms with Crippen LogP contribution in [-0.2, 0) is 18.4 Å². The number of H-pyrrole nitrogens is 1. The lowest BCUT2D eigenvalue weighted by atomic mass is 10.1. The number of aromatic amines is 1. The summed E-state index contributed by atoms with van der Waals surface area (Å²) in [6.07, 6.45) is 3.53. The van der Waals surface area contributed by atoms with Gasteiger partial charge in [-0.05, 0) is 19.4 Å². The number of hydrogen-bond donors (Lipinski definition) is 2. The first-order chi connectivity index (χ1) is 10.5. The SMILES string of the molecule is CC(=O)N[C@@H]1CCCN(Cc2nc3c(cnn3C)c(=O)[nH]2)C1. The van der Waals surface area contributed by atoms with Crippen molar-refractivity contribution >= 4 is 16.9 Å². The van der Waals surface area contributed by atoms with E-state index in [0.29, 0.717) is 23.4 Å². The molecular formula is C14H20N6O2. The Morgan fingerprint density at radius 1 is 1.55 bits per heavy atom. The van der Waals surface area contributed by atoms with Crippen molar-refractivity contribution in [2.24, 2.45) is 7.05 Å². The summed E-state index contributed by atoms with van der Waals surface area (Å²) in [5, 5.41) is 7.52. The Balaban J connectivity index is 1.76. The molecule has 118 valence electrons. The molecule has 2 aromatic rings. The van der Waals surface area contributed by atoms with Gasteiger partial charge in [0.15, 0.2) is 5.65 Å². The average molecular weight is 304 g/mol. The van der Waals surface area contributed by atoms with Gasteiger partial charge in [0.1, 0.15) is 11.2 Å². The third-order valence-electron chi connectivity index (χ3n) is 3.94. The molecule has 0 saturated carbocycles. The molecule has 0 aliphatic carbocycles. The quantitative estimate of drug-likeness (QED) is 0.816. The van der Waals surface area contributed by atoms with E-state index in [9.17, 15) is 9.59 Å². The van der Waals surface area contributed by atoms with E-state index in [1.807, 2.05) is 0 Å². The lowest BCUT2D eigenvalue weighted by Gasteiger charge is -2.32. The number of carbonyl (C=O) groups is 1. The van der Waals surface area contributed by atoms with E-state index < -0.39 is 0 Å². The fourth-order valence-electron chi connectivity index (χ4n) is 2.97. The van der Waals surface area contributed by atoms with Gasteiger partial charge in [-0.2, -0.15) is 5.10 Å². The first-order valence-corrected chi connectivity index (χ1v) is 7.43. The Bertz CT molecular complexity index is 749. The summed E-state index contributed by atoms with van der Waals surface area (Å²) < 4.78 is 1.60. The van der Waals surface area contributed by atoms with Gasteiger partial charge in [0.25, 0.3) is 5.56 Å². The van der Waals surface area contributed by atoms with Gasteiger partial charge < -0.3 is 10.3 Å². The van der Waals surface area contributed by atoms with Gasteiger partial charge in [-0.3, -0.25) is 19.2 Å². The Morgan fingerprint density at radius 2 is 2.36 bits per heavy atom. The highest BCUT2D eigenvalue weighted by Gasteiger charge is 2.21. The number of fused-ring (bicyclic) bond motifs is 1. The summed E-state index contributed by atoms with van der Waals surface area (Å²) in [4.78, 5) is 32.7. The zero-order valence-corrected chi connectivity index (χ0v) is 12.8. The summed E-state index contributed by atoms with van der Waals surface area (Å²) >= 11 is 0. The zero-order chi connectivity index (χ0) is 15.7. The molecule has 1 amide bonds. The largest absolute Gasteiger partial charge is 0.352 e. The van der Waals surface area contributed by atoms with Crippen LogP contribution in [0.1, 0.15) is 25.6 Å². The van der Waals surface area contributed by atoms with E-state index in [1.165, 1.54) is 13.1 Å². The Kier molecular flexibility index (Phi) is 3.93. The van der Waals surface area contributed by atoms with E-state index >= 15 is 0 Å². The fourth-order valence-corrected chi connectivity index (χ4v) is 2.97. The van der Waals surface area contributed by atoms with Crippen molar-refractivity contribution in [1.29, 1.82) is 0 Å². The predicted octanol–water partition coefficient (Wildman–Crippen LogP) is -0.243. The van der Waals surface area contributed by atoms with Crippen LogP contribution in [0.25, 0.3) is 11.0 Å². The first-order valence-electron chi connectivity index (χ1n) is 7.43. The van der Waals surface area contributed by atoms with Gasteiger partial charge in [-0.25, -0.2) is 4.98 Å². The van der Waals surface area contributed by atoms with E-state index in [1.54, 1.807) is 11.7 Å². The molecule has 2 aromatic heterocycles. The van der Waals surface area contributed by atoms with Crippen molar-refractivity contribution in [2.75, 3.05) is 13.1 Å². The van der Waals surface area contributed by atoms with Crippen LogP contribution in [0.15, 0.2) is 11.0 Å². The maximum atomic E-state index is 12.0. The highest BCUT2D eigenvalue weighted by Crippen LogP contribution is 2.13. The highest BCUT2D eigenvalue weighted by atomic mass is 16.1. The third kappa shape index (κ3) is 3.01. The van der Waals surface area contributed by atoms with Gasteiger partial charge in [0, 0.05) is 26.6 Å². The zero-order valence-electron chi connectivity index (χ0n) is 12.8. The number of rotatable bonds is 3. The molecule has 0 bridgehead atoms. The van der Waals surface area contributed by atoms with Crippen LogP contribution < -0.4 is 10.9 Å². The topological polar surface area (TPSA) is 95.9 Å². The maximum absolute atomic E-state index is 12.0. The summed E-state index contributed by atoms with van der Waals surface area (Å²) in [5.41, 5.74) is 0.428. The summed E-state index contributed by atoms with van der Waals surface area (Å²) in [7, 11) is 1.77. The van der Waals surface area contributed by atoms with Crippen LogP contribution in [0.5, 0.6) is 0 Å². The molecule has 8 heteroatoms. The van der Waals surface area contributed by atoms with Crippen LogP contribution in [0.2, 0.25) is 0 Å². The molecule has 1 aliphatic rings. The third-order valence-corrected chi connectivity index (χ3v) is 3.94. The Labute approximate surface area is 127 Å². The van der Waals surface area contributed by atoms with Gasteiger partial charge in [-0.15, -0.1) is 0 Å². The van der Waals surface area contributed by atoms with Crippen LogP contribution in [0, 0.1) is 0 Å². The van der Waals surface area contributed by atoms with Crippen LogP contribution in [0.4, 0.5) is 0 Å². The molecule has 2 N–H and O–H groups in total. The number of aryl methyl sites for hydroxylation is 1. The number of piperidine rings is 1. The van der Waals surface area contributed by atoms with Gasteiger partial charge in [-0.1, -0.05) is 0 Å². The molecule has 3 rings (SSSR count). The molecule has 0 radical (unpaired) electrons. The number of likely N-dealkylation sites (tertiary alicyclic amines) is 1. The second kappa shape index (κ2) is 5.88. The van der Waals surface area contributed by atoms with Crippen molar-refractivity contribution in [3.8, 4) is 0 Å². The second-order valence-electron chi connectivity index (χ2n) is 5.79. The summed E-state index contributed by atoms with van der Waals surface area (Å²) in [5.74, 6) is 0.624. The number of aromatic nitrogens is 4. The standard InChI is InChI=1S/C14H20N6O2/c1-9(21)16-10-4-3-5-20(7-10)8-12-17-13-11(14(22)18-12)6-15-19(13)2/h6,10H,3-5,7-8H2,1-2H3,(H,16,21)(H,17,18,22)/t10-/m1/s1. The van der Waals surface area contributed by atoms with Crippen molar-refractivity contribution in [3.05, 3.63) is 22.4 Å². The lowest BCUT2D eigenvalue weighted by molar-refractivity contribution is -0.120. The number of nitrogens with zero attached hydrogens (tertiary/aromatic N) is 4. The van der Waals surface area contributed by atoms with E-state index in [4.69, 9.17) is 0 Å². The summed E-state index contributed by atoms with van der Waals surface area (Å²) in [6, 6.07) is 0.165. The van der Waals surface area contributed by atoms with Crippen molar-refractivity contribution < 1.29 is 4.79 Å². The second-order valence-corrected chi connectivity index (χ2v) is 5.79. The van der Waals surface area contributed by atoms with Crippen LogP contribution in [0.3, 0.4) is 0 Å². The van der Waals surface area contributed by atoms with Crippen LogP contribution >= 0.6 is 0 Å². The fraction of sp³-hybridized carbons (Fsp3) is 0.571. The molecule has 1 saturated heterocycles. The van der Waals surface area contributed by atoms with Crippen molar-refractivity contribution in [3.63, 3.8) is 0 Å². The van der Waals surface area contributed by atoms with Gasteiger partial charge >= 0.3 is 0 Å². The van der Waals surface area contributed by atoms with E-state index in [-0.39, 0.29) is 17.5 Å².